The number of halogens is 3. The molecule has 1 heterocycles. The van der Waals surface area contributed by atoms with E-state index in [4.69, 9.17) is 5.73 Å². The second kappa shape index (κ2) is 6.02. The Morgan fingerprint density at radius 2 is 1.65 bits per heavy atom. The van der Waals surface area contributed by atoms with Crippen LogP contribution in [0.2, 0.25) is 0 Å². The number of hydrogen-bond donors (Lipinski definition) is 2. The Labute approximate surface area is 113 Å². The lowest BCUT2D eigenvalue weighted by Gasteiger charge is -2.23. The van der Waals surface area contributed by atoms with Crippen molar-refractivity contribution in [3.05, 3.63) is 65.2 Å². The second-order valence-electron chi connectivity index (χ2n) is 4.35. The molecule has 0 bridgehead atoms. The van der Waals surface area contributed by atoms with E-state index in [1.807, 2.05) is 0 Å². The van der Waals surface area contributed by atoms with Gasteiger partial charge in [0.2, 0.25) is 0 Å². The van der Waals surface area contributed by atoms with Gasteiger partial charge in [-0.1, -0.05) is 0 Å². The number of hydrogen-bond acceptors (Lipinski definition) is 3. The molecule has 0 aliphatic rings. The number of aliphatic hydroxyl groups is 1. The van der Waals surface area contributed by atoms with Gasteiger partial charge in [0, 0.05) is 37.0 Å². The third-order valence-electron chi connectivity index (χ3n) is 3.11. The summed E-state index contributed by atoms with van der Waals surface area (Å²) in [7, 11) is 0. The van der Waals surface area contributed by atoms with Crippen LogP contribution >= 0.6 is 0 Å². The Morgan fingerprint density at radius 3 is 2.15 bits per heavy atom. The molecule has 0 aliphatic heterocycles. The standard InChI is InChI=1S/C14H13F3N2O/c15-9-5-11(16)13(12(17)6-9)14(20)10(7-18)8-1-3-19-4-2-8/h1-6,10,14,20H,7,18H2. The SMILES string of the molecule is NCC(c1ccncc1)C(O)c1c(F)cc(F)cc1F. The number of pyridine rings is 1. The summed E-state index contributed by atoms with van der Waals surface area (Å²) in [5, 5.41) is 10.2. The summed E-state index contributed by atoms with van der Waals surface area (Å²) in [6, 6.07) is 4.25. The molecule has 0 fully saturated rings. The summed E-state index contributed by atoms with van der Waals surface area (Å²) in [4.78, 5) is 3.82. The van der Waals surface area contributed by atoms with Crippen molar-refractivity contribution in [2.75, 3.05) is 6.54 Å². The number of nitrogens with zero attached hydrogens (tertiary/aromatic N) is 1. The first kappa shape index (κ1) is 14.5. The fraction of sp³-hybridized carbons (Fsp3) is 0.214. The molecule has 2 rings (SSSR count). The van der Waals surface area contributed by atoms with Crippen molar-refractivity contribution in [3.63, 3.8) is 0 Å². The van der Waals surface area contributed by atoms with Crippen molar-refractivity contribution >= 4 is 0 Å². The first-order chi connectivity index (χ1) is 9.54. The van der Waals surface area contributed by atoms with Crippen LogP contribution in [-0.4, -0.2) is 16.6 Å². The van der Waals surface area contributed by atoms with E-state index in [0.717, 1.165) is 0 Å². The minimum absolute atomic E-state index is 0.0264. The van der Waals surface area contributed by atoms with Crippen LogP contribution in [0.1, 0.15) is 23.1 Å². The van der Waals surface area contributed by atoms with E-state index in [1.165, 1.54) is 12.4 Å². The van der Waals surface area contributed by atoms with Gasteiger partial charge in [-0.2, -0.15) is 0 Å². The summed E-state index contributed by atoms with van der Waals surface area (Å²) in [5.74, 6) is -4.03. The monoisotopic (exact) mass is 282 g/mol. The molecule has 0 spiro atoms. The van der Waals surface area contributed by atoms with Gasteiger partial charge in [-0.15, -0.1) is 0 Å². The van der Waals surface area contributed by atoms with Gasteiger partial charge in [-0.05, 0) is 17.7 Å². The van der Waals surface area contributed by atoms with Crippen LogP contribution in [-0.2, 0) is 0 Å². The van der Waals surface area contributed by atoms with Gasteiger partial charge in [0.15, 0.2) is 0 Å². The van der Waals surface area contributed by atoms with Gasteiger partial charge >= 0.3 is 0 Å². The maximum absolute atomic E-state index is 13.7. The van der Waals surface area contributed by atoms with Crippen LogP contribution in [0.15, 0.2) is 36.7 Å². The highest BCUT2D eigenvalue weighted by Crippen LogP contribution is 2.33. The van der Waals surface area contributed by atoms with E-state index in [-0.39, 0.29) is 6.54 Å². The Bertz CT molecular complexity index is 569. The van der Waals surface area contributed by atoms with E-state index in [1.54, 1.807) is 12.1 Å². The molecular formula is C14H13F3N2O. The normalized spacial score (nSPS) is 14.1. The van der Waals surface area contributed by atoms with Crippen LogP contribution in [0.5, 0.6) is 0 Å². The minimum atomic E-state index is -1.51. The average molecular weight is 282 g/mol. The summed E-state index contributed by atoms with van der Waals surface area (Å²) in [6.07, 6.45) is 1.47. The first-order valence-electron chi connectivity index (χ1n) is 5.97. The van der Waals surface area contributed by atoms with E-state index < -0.39 is 35.0 Å². The number of benzene rings is 1. The van der Waals surface area contributed by atoms with Gasteiger partial charge in [-0.25, -0.2) is 13.2 Å². The summed E-state index contributed by atoms with van der Waals surface area (Å²) >= 11 is 0. The minimum Gasteiger partial charge on any atom is -0.388 e. The van der Waals surface area contributed by atoms with Gasteiger partial charge in [0.05, 0.1) is 11.7 Å². The predicted octanol–water partition coefficient (Wildman–Crippen LogP) is 2.27. The lowest BCUT2D eigenvalue weighted by atomic mass is 9.89. The lowest BCUT2D eigenvalue weighted by molar-refractivity contribution is 0.138. The number of aromatic nitrogens is 1. The number of aliphatic hydroxyl groups excluding tert-OH is 1. The van der Waals surface area contributed by atoms with Crippen molar-refractivity contribution in [1.29, 1.82) is 0 Å². The molecule has 0 aliphatic carbocycles. The first-order valence-corrected chi connectivity index (χ1v) is 5.97. The second-order valence-corrected chi connectivity index (χ2v) is 4.35. The molecule has 2 aromatic rings. The molecule has 0 radical (unpaired) electrons. The molecule has 0 saturated carbocycles. The number of rotatable bonds is 4. The summed E-state index contributed by atoms with van der Waals surface area (Å²) in [6.45, 7) is -0.0264. The molecule has 0 amide bonds. The predicted molar refractivity (Wildman–Crippen MR) is 67.3 cm³/mol. The Hall–Kier alpha value is -1.92. The van der Waals surface area contributed by atoms with Crippen molar-refractivity contribution in [2.24, 2.45) is 5.73 Å². The maximum Gasteiger partial charge on any atom is 0.134 e. The van der Waals surface area contributed by atoms with Gasteiger partial charge in [0.25, 0.3) is 0 Å². The molecular weight excluding hydrogens is 269 g/mol. The summed E-state index contributed by atoms with van der Waals surface area (Å²) < 4.78 is 40.2. The molecule has 106 valence electrons. The molecule has 3 N–H and O–H groups in total. The van der Waals surface area contributed by atoms with Crippen molar-refractivity contribution < 1.29 is 18.3 Å². The van der Waals surface area contributed by atoms with Crippen molar-refractivity contribution in [2.45, 2.75) is 12.0 Å². The van der Waals surface area contributed by atoms with E-state index in [0.29, 0.717) is 17.7 Å². The van der Waals surface area contributed by atoms with Crippen molar-refractivity contribution in [3.8, 4) is 0 Å². The Balaban J connectivity index is 2.42. The molecule has 3 nitrogen and oxygen atoms in total. The van der Waals surface area contributed by atoms with E-state index in [2.05, 4.69) is 4.98 Å². The molecule has 0 saturated heterocycles. The fourth-order valence-electron chi connectivity index (χ4n) is 2.10. The van der Waals surface area contributed by atoms with Crippen LogP contribution < -0.4 is 5.73 Å². The largest absolute Gasteiger partial charge is 0.388 e. The van der Waals surface area contributed by atoms with E-state index >= 15 is 0 Å². The molecule has 2 unspecified atom stereocenters. The van der Waals surface area contributed by atoms with Crippen LogP contribution in [0, 0.1) is 17.5 Å². The average Bonchev–Trinajstić information content (AvgIpc) is 2.39. The molecule has 6 heteroatoms. The van der Waals surface area contributed by atoms with Gasteiger partial charge in [-0.3, -0.25) is 4.98 Å². The van der Waals surface area contributed by atoms with Crippen LogP contribution in [0.25, 0.3) is 0 Å². The van der Waals surface area contributed by atoms with Crippen LogP contribution in [0.4, 0.5) is 13.2 Å². The van der Waals surface area contributed by atoms with Crippen molar-refractivity contribution in [1.82, 2.24) is 4.98 Å². The highest BCUT2D eigenvalue weighted by Gasteiger charge is 2.27. The third-order valence-corrected chi connectivity index (χ3v) is 3.11. The zero-order valence-corrected chi connectivity index (χ0v) is 10.4. The Morgan fingerprint density at radius 1 is 1.10 bits per heavy atom. The topological polar surface area (TPSA) is 59.1 Å². The molecule has 20 heavy (non-hydrogen) atoms. The molecule has 1 aromatic carbocycles. The molecule has 1 aromatic heterocycles. The van der Waals surface area contributed by atoms with Gasteiger partial charge < -0.3 is 10.8 Å². The summed E-state index contributed by atoms with van der Waals surface area (Å²) in [5.41, 5.74) is 5.58. The van der Waals surface area contributed by atoms with Crippen LogP contribution in [0.3, 0.4) is 0 Å². The quantitative estimate of drug-likeness (QED) is 0.904. The smallest absolute Gasteiger partial charge is 0.134 e. The zero-order chi connectivity index (χ0) is 14.7. The molecule has 2 atom stereocenters. The third kappa shape index (κ3) is 2.81. The lowest BCUT2D eigenvalue weighted by Crippen LogP contribution is -2.22. The zero-order valence-electron chi connectivity index (χ0n) is 10.4. The Kier molecular flexibility index (Phi) is 4.36. The maximum atomic E-state index is 13.7. The van der Waals surface area contributed by atoms with Gasteiger partial charge in [0.1, 0.15) is 17.5 Å². The fourth-order valence-corrected chi connectivity index (χ4v) is 2.10. The number of nitrogens with two attached hydrogens (primary N) is 1. The van der Waals surface area contributed by atoms with E-state index in [9.17, 15) is 18.3 Å². The highest BCUT2D eigenvalue weighted by atomic mass is 19.1. The highest BCUT2D eigenvalue weighted by molar-refractivity contribution is 5.28.